The standard InChI is InChI=1S/C46H30O/c1-2-31-18-21-38(44-28-37-11-5-6-12-39(37)40-13-7-8-14-41(40)44)27-34(31)17-15-30-16-23-42-43-24-22-36(29-46(43)47-45(42)25-30)35-20-19-32-9-3-4-10-33(32)26-35/h2-29H,1H2. The van der Waals surface area contributed by atoms with Crippen molar-refractivity contribution < 1.29 is 4.42 Å². The van der Waals surface area contributed by atoms with Gasteiger partial charge in [0.25, 0.3) is 0 Å². The van der Waals surface area contributed by atoms with E-state index in [9.17, 15) is 0 Å². The number of rotatable bonds is 5. The predicted molar refractivity (Wildman–Crippen MR) is 203 cm³/mol. The van der Waals surface area contributed by atoms with E-state index < -0.39 is 0 Å². The minimum atomic E-state index is 0.887. The summed E-state index contributed by atoms with van der Waals surface area (Å²) in [4.78, 5) is 0. The molecule has 0 aliphatic rings. The lowest BCUT2D eigenvalue weighted by atomic mass is 9.91. The molecule has 9 rings (SSSR count). The average molecular weight is 599 g/mol. The first-order valence-electron chi connectivity index (χ1n) is 16.0. The third-order valence-electron chi connectivity index (χ3n) is 9.42. The van der Waals surface area contributed by atoms with Gasteiger partial charge in [-0.3, -0.25) is 0 Å². The summed E-state index contributed by atoms with van der Waals surface area (Å²) in [6, 6.07) is 54.4. The first kappa shape index (κ1) is 27.2. The lowest BCUT2D eigenvalue weighted by molar-refractivity contribution is 0.669. The highest BCUT2D eigenvalue weighted by atomic mass is 16.3. The van der Waals surface area contributed by atoms with Gasteiger partial charge in [0.1, 0.15) is 11.2 Å². The van der Waals surface area contributed by atoms with Crippen molar-refractivity contribution in [2.45, 2.75) is 0 Å². The summed E-state index contributed by atoms with van der Waals surface area (Å²) in [5, 5.41) is 9.79. The highest BCUT2D eigenvalue weighted by Gasteiger charge is 2.11. The van der Waals surface area contributed by atoms with E-state index in [-0.39, 0.29) is 0 Å². The Morgan fingerprint density at radius 2 is 1.06 bits per heavy atom. The lowest BCUT2D eigenvalue weighted by Crippen LogP contribution is -1.87. The molecule has 0 N–H and O–H groups in total. The van der Waals surface area contributed by atoms with Crippen LogP contribution in [0.25, 0.3) is 94.7 Å². The van der Waals surface area contributed by atoms with Crippen molar-refractivity contribution in [3.8, 4) is 22.3 Å². The maximum absolute atomic E-state index is 6.44. The zero-order chi connectivity index (χ0) is 31.3. The van der Waals surface area contributed by atoms with Crippen LogP contribution in [-0.4, -0.2) is 0 Å². The Hall–Kier alpha value is -6.18. The summed E-state index contributed by atoms with van der Waals surface area (Å²) < 4.78 is 6.44. The molecule has 0 amide bonds. The molecule has 0 atom stereocenters. The molecule has 0 saturated carbocycles. The van der Waals surface area contributed by atoms with Crippen molar-refractivity contribution in [1.29, 1.82) is 0 Å². The average Bonchev–Trinajstić information content (AvgIpc) is 3.50. The molecule has 0 aliphatic heterocycles. The van der Waals surface area contributed by atoms with Gasteiger partial charge in [0.15, 0.2) is 0 Å². The summed E-state index contributed by atoms with van der Waals surface area (Å²) in [6.45, 7) is 4.10. The van der Waals surface area contributed by atoms with Crippen molar-refractivity contribution >= 4 is 72.5 Å². The third-order valence-corrected chi connectivity index (χ3v) is 9.42. The molecule has 1 aromatic heterocycles. The van der Waals surface area contributed by atoms with Crippen LogP contribution in [0.5, 0.6) is 0 Å². The molecule has 0 fully saturated rings. The maximum atomic E-state index is 6.44. The molecule has 9 aromatic rings. The van der Waals surface area contributed by atoms with Crippen molar-refractivity contribution in [3.63, 3.8) is 0 Å². The van der Waals surface area contributed by atoms with Gasteiger partial charge in [0, 0.05) is 10.8 Å². The van der Waals surface area contributed by atoms with Crippen LogP contribution in [0.2, 0.25) is 0 Å². The second kappa shape index (κ2) is 11.0. The molecule has 0 bridgehead atoms. The van der Waals surface area contributed by atoms with Crippen LogP contribution >= 0.6 is 0 Å². The van der Waals surface area contributed by atoms with E-state index in [2.05, 4.69) is 170 Å². The molecule has 0 aliphatic carbocycles. The van der Waals surface area contributed by atoms with Gasteiger partial charge in [-0.25, -0.2) is 0 Å². The van der Waals surface area contributed by atoms with Crippen molar-refractivity contribution in [1.82, 2.24) is 0 Å². The van der Waals surface area contributed by atoms with Gasteiger partial charge < -0.3 is 4.42 Å². The number of furan rings is 1. The molecule has 0 saturated heterocycles. The van der Waals surface area contributed by atoms with Crippen molar-refractivity contribution in [3.05, 3.63) is 175 Å². The summed E-state index contributed by atoms with van der Waals surface area (Å²) in [5.74, 6) is 0. The van der Waals surface area contributed by atoms with Gasteiger partial charge in [-0.2, -0.15) is 0 Å². The Bertz CT molecular complexity index is 2700. The second-order valence-electron chi connectivity index (χ2n) is 12.2. The summed E-state index contributed by atoms with van der Waals surface area (Å²) in [7, 11) is 0. The van der Waals surface area contributed by atoms with Gasteiger partial charge in [-0.15, -0.1) is 0 Å². The Morgan fingerprint density at radius 1 is 0.404 bits per heavy atom. The summed E-state index contributed by atoms with van der Waals surface area (Å²) in [6.07, 6.45) is 6.28. The van der Waals surface area contributed by atoms with Gasteiger partial charge in [0.2, 0.25) is 0 Å². The van der Waals surface area contributed by atoms with Crippen LogP contribution in [0.3, 0.4) is 0 Å². The smallest absolute Gasteiger partial charge is 0.136 e. The van der Waals surface area contributed by atoms with E-state index >= 15 is 0 Å². The van der Waals surface area contributed by atoms with Gasteiger partial charge in [0.05, 0.1) is 0 Å². The molecule has 220 valence electrons. The number of hydrogen-bond donors (Lipinski definition) is 0. The highest BCUT2D eigenvalue weighted by Crippen LogP contribution is 2.37. The fourth-order valence-corrected chi connectivity index (χ4v) is 7.00. The molecule has 0 spiro atoms. The normalized spacial score (nSPS) is 11.8. The van der Waals surface area contributed by atoms with Crippen molar-refractivity contribution in [2.75, 3.05) is 0 Å². The molecular formula is C46H30O. The first-order valence-corrected chi connectivity index (χ1v) is 16.0. The fraction of sp³-hybridized carbons (Fsp3) is 0. The highest BCUT2D eigenvalue weighted by molar-refractivity contribution is 6.14. The Balaban J connectivity index is 1.08. The minimum Gasteiger partial charge on any atom is -0.456 e. The number of benzene rings is 8. The van der Waals surface area contributed by atoms with E-state index in [1.54, 1.807) is 0 Å². The maximum Gasteiger partial charge on any atom is 0.136 e. The molecule has 1 nitrogen and oxygen atoms in total. The van der Waals surface area contributed by atoms with Gasteiger partial charge >= 0.3 is 0 Å². The monoisotopic (exact) mass is 598 g/mol. The molecular weight excluding hydrogens is 569 g/mol. The minimum absolute atomic E-state index is 0.887. The van der Waals surface area contributed by atoms with Crippen LogP contribution in [-0.2, 0) is 0 Å². The van der Waals surface area contributed by atoms with E-state index in [4.69, 9.17) is 4.42 Å². The number of hydrogen-bond acceptors (Lipinski definition) is 1. The Morgan fingerprint density at radius 3 is 1.91 bits per heavy atom. The van der Waals surface area contributed by atoms with Crippen molar-refractivity contribution in [2.24, 2.45) is 0 Å². The van der Waals surface area contributed by atoms with Gasteiger partial charge in [-0.05, 0) is 114 Å². The molecule has 1 heterocycles. The molecule has 0 unspecified atom stereocenters. The zero-order valence-electron chi connectivity index (χ0n) is 25.8. The van der Waals surface area contributed by atoms with Crippen LogP contribution in [0.4, 0.5) is 0 Å². The van der Waals surface area contributed by atoms with E-state index in [0.717, 1.165) is 44.2 Å². The van der Waals surface area contributed by atoms with Gasteiger partial charge in [-0.1, -0.05) is 134 Å². The van der Waals surface area contributed by atoms with Crippen LogP contribution in [0.1, 0.15) is 16.7 Å². The second-order valence-corrected chi connectivity index (χ2v) is 12.2. The SMILES string of the molecule is C=Cc1ccc(-c2cc3ccccc3c3ccccc23)cc1C=Cc1ccc2c(c1)oc1cc(-c3ccc4ccccc4c3)ccc12. The molecule has 1 heteroatoms. The third kappa shape index (κ3) is 4.72. The van der Waals surface area contributed by atoms with E-state index in [1.165, 1.54) is 49.0 Å². The zero-order valence-corrected chi connectivity index (χ0v) is 25.8. The summed E-state index contributed by atoms with van der Waals surface area (Å²) >= 11 is 0. The van der Waals surface area contributed by atoms with E-state index in [0.29, 0.717) is 0 Å². The summed E-state index contributed by atoms with van der Waals surface area (Å²) in [5.41, 5.74) is 9.85. The molecule has 47 heavy (non-hydrogen) atoms. The topological polar surface area (TPSA) is 13.1 Å². The lowest BCUT2D eigenvalue weighted by Gasteiger charge is -2.12. The van der Waals surface area contributed by atoms with Crippen LogP contribution < -0.4 is 0 Å². The molecule has 0 radical (unpaired) electrons. The quantitative estimate of drug-likeness (QED) is 0.142. The molecule has 8 aromatic carbocycles. The first-order chi connectivity index (χ1) is 23.2. The van der Waals surface area contributed by atoms with E-state index in [1.807, 2.05) is 6.08 Å². The van der Waals surface area contributed by atoms with Crippen LogP contribution in [0, 0.1) is 0 Å². The van der Waals surface area contributed by atoms with Crippen LogP contribution in [0.15, 0.2) is 163 Å². The Labute approximate surface area is 273 Å². The Kier molecular flexibility index (Phi) is 6.36. The fourth-order valence-electron chi connectivity index (χ4n) is 7.00. The largest absolute Gasteiger partial charge is 0.456 e. The number of fused-ring (bicyclic) bond motifs is 7. The predicted octanol–water partition coefficient (Wildman–Crippen LogP) is 13.2.